The molecule has 1 aliphatic carbocycles. The SMILES string of the molecule is CC[N+]1=c2cc3c(cc2CCC1)=C(c1ccccc1C(=O)N(C)CCCC(=O)NCC#Cc1cn([C@H]2C[C@H](O)[C@@H](COP(=O)(O)OP(=O)(O)OP(=O)([O-])O)O2)c(=O)nc1N)c1ccc(N(C)C)cc1C3(C)C. The van der Waals surface area contributed by atoms with Crippen LogP contribution in [0.2, 0.25) is 0 Å². The van der Waals surface area contributed by atoms with E-state index in [0.29, 0.717) is 12.0 Å². The van der Waals surface area contributed by atoms with E-state index < -0.39 is 54.2 Å². The summed E-state index contributed by atoms with van der Waals surface area (Å²) in [6.07, 6.45) is -0.711. The van der Waals surface area contributed by atoms with Crippen molar-refractivity contribution in [3.8, 4) is 11.8 Å². The van der Waals surface area contributed by atoms with Gasteiger partial charge in [-0.15, -0.1) is 0 Å². The second kappa shape index (κ2) is 21.6. The first kappa shape index (κ1) is 54.4. The third-order valence-corrected chi connectivity index (χ3v) is 16.6. The highest BCUT2D eigenvalue weighted by molar-refractivity contribution is 7.66. The maximum Gasteiger partial charge on any atom is 0.487 e. The summed E-state index contributed by atoms with van der Waals surface area (Å²) in [6, 6.07) is 19.0. The van der Waals surface area contributed by atoms with Crippen molar-refractivity contribution in [1.29, 1.82) is 0 Å². The number of nitrogens with one attached hydrogen (secondary N) is 1. The molecule has 2 amide bonds. The lowest BCUT2D eigenvalue weighted by molar-refractivity contribution is -0.212. The Morgan fingerprint density at radius 2 is 1.78 bits per heavy atom. The molecule has 72 heavy (non-hydrogen) atoms. The van der Waals surface area contributed by atoms with Gasteiger partial charge in [0, 0.05) is 81.4 Å². The minimum Gasteiger partial charge on any atom is -0.756 e. The molecule has 1 fully saturated rings. The van der Waals surface area contributed by atoms with E-state index >= 15 is 0 Å². The minimum absolute atomic E-state index is 0.0523. The number of aliphatic hydroxyl groups excluding tert-OH is 1. The van der Waals surface area contributed by atoms with Crippen molar-refractivity contribution in [2.45, 2.75) is 76.7 Å². The van der Waals surface area contributed by atoms with E-state index in [0.717, 1.165) is 58.1 Å². The highest BCUT2D eigenvalue weighted by Crippen LogP contribution is 2.65. The second-order valence-electron chi connectivity index (χ2n) is 18.3. The standard InChI is InChI=1S/C47H58N7O15P3/c1-7-53-22-11-14-29-23-35-37(25-38(29)53)47(2,3)36-24-31(51(4)5)18-19-34(36)43(35)32-15-8-9-16-33(32)45(57)52(6)21-12-17-41(56)49-20-10-13-30-27-54(46(58)50-44(30)48)42-26-39(55)40(67-42)28-66-71(62,63)69-72(64,65)68-70(59,60)61/h8-9,15-16,18-19,23-25,27,39-40,42,55H,7,11-12,14,17,20-22,26,28H2,1-6H3,(H6-,48,49,50,56,58,59,60,61,62,63,64,65)/t39-,40+,42+/m0/s1. The number of carbonyl (C=O) groups excluding carboxylic acids is 2. The maximum absolute atomic E-state index is 14.4. The molecular weight excluding hydrogens is 995 g/mol. The van der Waals surface area contributed by atoms with Gasteiger partial charge in [0.05, 0.1) is 24.8 Å². The van der Waals surface area contributed by atoms with Gasteiger partial charge in [0.25, 0.3) is 13.7 Å². The average Bonchev–Trinajstić information content (AvgIpc) is 3.67. The molecule has 22 nitrogen and oxygen atoms in total. The molecule has 25 heteroatoms. The fourth-order valence-corrected chi connectivity index (χ4v) is 12.2. The van der Waals surface area contributed by atoms with Crippen LogP contribution in [-0.4, -0.2) is 112 Å². The summed E-state index contributed by atoms with van der Waals surface area (Å²) in [5.41, 5.74) is 13.0. The van der Waals surface area contributed by atoms with Crippen LogP contribution in [0.5, 0.6) is 0 Å². The zero-order valence-electron chi connectivity index (χ0n) is 40.5. The first-order valence-corrected chi connectivity index (χ1v) is 27.5. The molecule has 3 unspecified atom stereocenters. The predicted molar refractivity (Wildman–Crippen MR) is 263 cm³/mol. The first-order valence-electron chi connectivity index (χ1n) is 23.0. The summed E-state index contributed by atoms with van der Waals surface area (Å²) >= 11 is 0. The first-order chi connectivity index (χ1) is 33.8. The van der Waals surface area contributed by atoms with E-state index in [2.05, 4.69) is 95.9 Å². The summed E-state index contributed by atoms with van der Waals surface area (Å²) in [5.74, 6) is 4.71. The number of nitrogens with zero attached hydrogens (tertiary/aromatic N) is 5. The van der Waals surface area contributed by atoms with Gasteiger partial charge in [-0.2, -0.15) is 9.29 Å². The second-order valence-corrected chi connectivity index (χ2v) is 22.7. The predicted octanol–water partition coefficient (Wildman–Crippen LogP) is 1.62. The van der Waals surface area contributed by atoms with Crippen LogP contribution < -0.4 is 41.7 Å². The van der Waals surface area contributed by atoms with Gasteiger partial charge in [-0.1, -0.05) is 50.0 Å². The van der Waals surface area contributed by atoms with E-state index in [9.17, 15) is 47.9 Å². The number of ether oxygens (including phenoxy) is 1. The van der Waals surface area contributed by atoms with Crippen LogP contribution in [0.3, 0.4) is 0 Å². The quantitative estimate of drug-likeness (QED) is 0.0497. The molecule has 0 bridgehead atoms. The van der Waals surface area contributed by atoms with Crippen molar-refractivity contribution in [2.24, 2.45) is 0 Å². The van der Waals surface area contributed by atoms with Gasteiger partial charge < -0.3 is 50.3 Å². The number of aromatic nitrogens is 2. The number of aliphatic hydroxyl groups is 1. The molecule has 0 radical (unpaired) electrons. The number of nitrogen functional groups attached to an aromatic ring is 1. The maximum atomic E-state index is 14.4. The Morgan fingerprint density at radius 3 is 2.49 bits per heavy atom. The zero-order chi connectivity index (χ0) is 52.5. The number of anilines is 2. The van der Waals surface area contributed by atoms with Crippen molar-refractivity contribution in [3.05, 3.63) is 121 Å². The highest BCUT2D eigenvalue weighted by atomic mass is 31.3. The molecule has 0 spiro atoms. The van der Waals surface area contributed by atoms with Crippen molar-refractivity contribution >= 4 is 52.4 Å². The third kappa shape index (κ3) is 12.3. The van der Waals surface area contributed by atoms with Gasteiger partial charge in [0.15, 0.2) is 0 Å². The molecule has 386 valence electrons. The van der Waals surface area contributed by atoms with E-state index in [-0.39, 0.29) is 54.5 Å². The van der Waals surface area contributed by atoms with Crippen LogP contribution in [0.15, 0.2) is 65.6 Å². The number of hydrogen-bond donors (Lipinski definition) is 6. The van der Waals surface area contributed by atoms with Gasteiger partial charge in [0.2, 0.25) is 11.3 Å². The Bertz CT molecular complexity index is 3200. The van der Waals surface area contributed by atoms with Crippen molar-refractivity contribution < 1.29 is 65.8 Å². The number of aryl methyl sites for hydroxylation is 1. The number of rotatable bonds is 17. The fraction of sp³-hybridized carbons (Fsp3) is 0.426. The molecule has 3 heterocycles. The minimum atomic E-state index is -5.86. The molecular formula is C47H58N7O15P3. The van der Waals surface area contributed by atoms with Crippen LogP contribution in [0.4, 0.5) is 11.5 Å². The van der Waals surface area contributed by atoms with Crippen LogP contribution in [0.25, 0.3) is 5.57 Å². The Morgan fingerprint density at radius 1 is 1.04 bits per heavy atom. The summed E-state index contributed by atoms with van der Waals surface area (Å²) in [6.45, 7) is 7.87. The smallest absolute Gasteiger partial charge is 0.487 e. The lowest BCUT2D eigenvalue weighted by atomic mass is 9.68. The Balaban J connectivity index is 0.992. The van der Waals surface area contributed by atoms with Crippen molar-refractivity contribution in [3.63, 3.8) is 0 Å². The van der Waals surface area contributed by atoms with Crippen LogP contribution in [0.1, 0.15) is 96.4 Å². The molecule has 1 aromatic heterocycles. The van der Waals surface area contributed by atoms with Gasteiger partial charge in [0.1, 0.15) is 31.2 Å². The van der Waals surface area contributed by atoms with Crippen LogP contribution in [-0.2, 0) is 48.2 Å². The lowest BCUT2D eigenvalue weighted by Gasteiger charge is -2.36. The van der Waals surface area contributed by atoms with Crippen molar-refractivity contribution in [2.75, 3.05) is 64.6 Å². The molecule has 0 saturated carbocycles. The van der Waals surface area contributed by atoms with Gasteiger partial charge >= 0.3 is 21.3 Å². The van der Waals surface area contributed by atoms with E-state index in [1.807, 2.05) is 38.4 Å². The molecule has 4 aromatic rings. The Labute approximate surface area is 415 Å². The van der Waals surface area contributed by atoms with E-state index in [1.165, 1.54) is 28.2 Å². The number of amides is 2. The molecule has 1 saturated heterocycles. The third-order valence-electron chi connectivity index (χ3n) is 12.8. The number of fused-ring (bicyclic) bond motifs is 3. The molecule has 2 aliphatic heterocycles. The van der Waals surface area contributed by atoms with Gasteiger partial charge in [-0.25, -0.2) is 22.8 Å². The monoisotopic (exact) mass is 1050 g/mol. The number of benzene rings is 3. The van der Waals surface area contributed by atoms with Crippen LogP contribution >= 0.6 is 23.5 Å². The van der Waals surface area contributed by atoms with Gasteiger partial charge in [-0.3, -0.25) is 23.2 Å². The largest absolute Gasteiger partial charge is 0.756 e. The van der Waals surface area contributed by atoms with E-state index in [1.54, 1.807) is 11.9 Å². The molecule has 3 aromatic carbocycles. The summed E-state index contributed by atoms with van der Waals surface area (Å²) in [4.78, 5) is 86.0. The van der Waals surface area contributed by atoms with Gasteiger partial charge in [-0.05, 0) is 77.1 Å². The summed E-state index contributed by atoms with van der Waals surface area (Å²) in [7, 11) is -11.5. The molecule has 7 rings (SSSR count). The average molecular weight is 1050 g/mol. The Hall–Kier alpha value is -5.36. The normalized spacial score (nSPS) is 20.3. The Kier molecular flexibility index (Phi) is 16.3. The van der Waals surface area contributed by atoms with Crippen LogP contribution in [0, 0.1) is 11.8 Å². The number of phosphoric ester groups is 1. The topological polar surface area (TPSA) is 309 Å². The zero-order valence-corrected chi connectivity index (χ0v) is 43.2. The molecule has 3 aliphatic rings. The fourth-order valence-electron chi connectivity index (χ4n) is 9.22. The number of nitrogens with two attached hydrogens (primary N) is 1. The van der Waals surface area contributed by atoms with Crippen molar-refractivity contribution in [1.82, 2.24) is 24.3 Å². The highest BCUT2D eigenvalue weighted by Gasteiger charge is 2.42. The van der Waals surface area contributed by atoms with E-state index in [4.69, 9.17) is 15.4 Å². The lowest BCUT2D eigenvalue weighted by Crippen LogP contribution is -2.43. The number of hydrogen-bond acceptors (Lipinski definition) is 15. The number of phosphoric acid groups is 3. The summed E-state index contributed by atoms with van der Waals surface area (Å²) < 4.78 is 55.2. The molecule has 7 N–H and O–H groups in total. The number of carbonyl (C=O) groups is 2. The summed E-state index contributed by atoms with van der Waals surface area (Å²) in [5, 5.41) is 15.6. The molecule has 6 atom stereocenters.